The van der Waals surface area contributed by atoms with Crippen LogP contribution in [0.3, 0.4) is 0 Å². The summed E-state index contributed by atoms with van der Waals surface area (Å²) in [6.45, 7) is 1.93. The van der Waals surface area contributed by atoms with Crippen LogP contribution in [0.5, 0.6) is 11.8 Å². The van der Waals surface area contributed by atoms with Crippen molar-refractivity contribution >= 4 is 23.3 Å². The van der Waals surface area contributed by atoms with Gasteiger partial charge in [-0.1, -0.05) is 11.6 Å². The van der Waals surface area contributed by atoms with E-state index >= 15 is 0 Å². The first-order valence-corrected chi connectivity index (χ1v) is 6.18. The highest BCUT2D eigenvalue weighted by Crippen LogP contribution is 2.34. The summed E-state index contributed by atoms with van der Waals surface area (Å²) in [7, 11) is 1.69. The third-order valence-electron chi connectivity index (χ3n) is 2.33. The number of rotatable bonds is 4. The van der Waals surface area contributed by atoms with Crippen LogP contribution >= 0.6 is 11.6 Å². The van der Waals surface area contributed by atoms with E-state index in [0.29, 0.717) is 5.69 Å². The van der Waals surface area contributed by atoms with Gasteiger partial charge in [-0.2, -0.15) is 4.98 Å². The topological polar surface area (TPSA) is 92.3 Å². The predicted molar refractivity (Wildman–Crippen MR) is 72.9 cm³/mol. The van der Waals surface area contributed by atoms with Gasteiger partial charge in [-0.15, -0.1) is 5.10 Å². The number of ether oxygens (including phenoxy) is 2. The van der Waals surface area contributed by atoms with Crippen molar-refractivity contribution in [2.75, 3.05) is 12.3 Å². The maximum atomic E-state index is 11.9. The first kappa shape index (κ1) is 14.1. The molecule has 1 aromatic heterocycles. The van der Waals surface area contributed by atoms with Crippen molar-refractivity contribution in [1.29, 1.82) is 0 Å². The van der Waals surface area contributed by atoms with Crippen molar-refractivity contribution in [2.45, 2.75) is 6.92 Å². The lowest BCUT2D eigenvalue weighted by Crippen LogP contribution is -2.08. The Kier molecular flexibility index (Phi) is 4.09. The van der Waals surface area contributed by atoms with Crippen LogP contribution in [0.15, 0.2) is 18.5 Å². The Morgan fingerprint density at radius 2 is 2.25 bits per heavy atom. The summed E-state index contributed by atoms with van der Waals surface area (Å²) >= 11 is 6.06. The lowest BCUT2D eigenvalue weighted by atomic mass is 10.2. The van der Waals surface area contributed by atoms with Crippen molar-refractivity contribution < 1.29 is 14.3 Å². The Hall–Kier alpha value is -2.28. The van der Waals surface area contributed by atoms with Crippen LogP contribution in [0, 0.1) is 0 Å². The predicted octanol–water partition coefficient (Wildman–Crippen LogP) is 2.02. The molecule has 2 N–H and O–H groups in total. The van der Waals surface area contributed by atoms with Gasteiger partial charge in [0.1, 0.15) is 11.9 Å². The molecule has 0 fully saturated rings. The number of nitrogens with zero attached hydrogens (tertiary/aromatic N) is 3. The second kappa shape index (κ2) is 5.79. The van der Waals surface area contributed by atoms with Crippen molar-refractivity contribution in [2.24, 2.45) is 7.05 Å². The van der Waals surface area contributed by atoms with Gasteiger partial charge in [0.2, 0.25) is 0 Å². The SMILES string of the molecule is CCOC(=O)c1cc(N)cc(Cl)c1Oc1ncn(C)n1. The number of hydrogen-bond donors (Lipinski definition) is 1. The zero-order valence-electron chi connectivity index (χ0n) is 11.0. The molecule has 1 heterocycles. The van der Waals surface area contributed by atoms with E-state index in [4.69, 9.17) is 26.8 Å². The Morgan fingerprint density at radius 1 is 1.50 bits per heavy atom. The van der Waals surface area contributed by atoms with Gasteiger partial charge in [-0.3, -0.25) is 4.68 Å². The van der Waals surface area contributed by atoms with Crippen LogP contribution in [0.25, 0.3) is 0 Å². The second-order valence-corrected chi connectivity index (χ2v) is 4.31. The van der Waals surface area contributed by atoms with E-state index in [-0.39, 0.29) is 29.0 Å². The molecule has 1 aromatic carbocycles. The van der Waals surface area contributed by atoms with Crippen LogP contribution in [0.2, 0.25) is 5.02 Å². The van der Waals surface area contributed by atoms with Crippen LogP contribution in [0.4, 0.5) is 5.69 Å². The Labute approximate surface area is 120 Å². The van der Waals surface area contributed by atoms with Crippen LogP contribution in [-0.4, -0.2) is 27.3 Å². The zero-order valence-corrected chi connectivity index (χ0v) is 11.7. The summed E-state index contributed by atoms with van der Waals surface area (Å²) in [5, 5.41) is 4.14. The van der Waals surface area contributed by atoms with Crippen LogP contribution in [0.1, 0.15) is 17.3 Å². The molecule has 8 heteroatoms. The number of nitrogen functional groups attached to an aromatic ring is 1. The first-order valence-electron chi connectivity index (χ1n) is 5.81. The second-order valence-electron chi connectivity index (χ2n) is 3.90. The van der Waals surface area contributed by atoms with Gasteiger partial charge in [0.15, 0.2) is 5.75 Å². The maximum Gasteiger partial charge on any atom is 0.342 e. The minimum atomic E-state index is -0.576. The fourth-order valence-corrected chi connectivity index (χ4v) is 1.80. The van der Waals surface area contributed by atoms with Gasteiger partial charge in [-0.05, 0) is 19.1 Å². The number of nitrogens with two attached hydrogens (primary N) is 1. The van der Waals surface area contributed by atoms with E-state index < -0.39 is 5.97 Å². The summed E-state index contributed by atoms with van der Waals surface area (Å²) < 4.78 is 11.9. The molecule has 7 nitrogen and oxygen atoms in total. The van der Waals surface area contributed by atoms with Crippen molar-refractivity contribution in [3.63, 3.8) is 0 Å². The van der Waals surface area contributed by atoms with E-state index in [1.165, 1.54) is 23.1 Å². The molecule has 0 aliphatic heterocycles. The average Bonchev–Trinajstić information content (AvgIpc) is 2.78. The summed E-state index contributed by atoms with van der Waals surface area (Å²) in [6, 6.07) is 2.98. The molecule has 20 heavy (non-hydrogen) atoms. The number of carbonyl (C=O) groups excluding carboxylic acids is 1. The Bertz CT molecular complexity index is 642. The standard InChI is InChI=1S/C12H13ClN4O3/c1-3-19-11(18)8-4-7(14)5-9(13)10(8)20-12-15-6-17(2)16-12/h4-6H,3,14H2,1-2H3. The highest BCUT2D eigenvalue weighted by molar-refractivity contribution is 6.33. The fourth-order valence-electron chi connectivity index (χ4n) is 1.54. The van der Waals surface area contributed by atoms with Gasteiger partial charge in [0, 0.05) is 12.7 Å². The largest absolute Gasteiger partial charge is 0.462 e. The Morgan fingerprint density at radius 3 is 2.85 bits per heavy atom. The van der Waals surface area contributed by atoms with E-state index in [1.807, 2.05) is 0 Å². The molecule has 0 bridgehead atoms. The number of esters is 1. The molecular weight excluding hydrogens is 284 g/mol. The normalized spacial score (nSPS) is 10.3. The molecule has 0 spiro atoms. The minimum Gasteiger partial charge on any atom is -0.462 e. The molecule has 106 valence electrons. The smallest absolute Gasteiger partial charge is 0.342 e. The molecule has 0 aliphatic carbocycles. The molecule has 0 unspecified atom stereocenters. The molecular formula is C12H13ClN4O3. The van der Waals surface area contributed by atoms with Crippen molar-refractivity contribution in [3.8, 4) is 11.8 Å². The van der Waals surface area contributed by atoms with E-state index in [2.05, 4.69) is 10.1 Å². The zero-order chi connectivity index (χ0) is 14.7. The number of hydrogen-bond acceptors (Lipinski definition) is 6. The minimum absolute atomic E-state index is 0.0738. The number of aromatic nitrogens is 3. The number of aryl methyl sites for hydroxylation is 1. The fraction of sp³-hybridized carbons (Fsp3) is 0.250. The summed E-state index contributed by atoms with van der Waals surface area (Å²) in [5.74, 6) is -0.460. The van der Waals surface area contributed by atoms with Crippen LogP contribution < -0.4 is 10.5 Å². The Balaban J connectivity index is 2.42. The van der Waals surface area contributed by atoms with Gasteiger partial charge in [-0.25, -0.2) is 4.79 Å². The number of benzene rings is 1. The lowest BCUT2D eigenvalue weighted by Gasteiger charge is -2.10. The number of anilines is 1. The number of carbonyl (C=O) groups is 1. The van der Waals surface area contributed by atoms with Crippen molar-refractivity contribution in [1.82, 2.24) is 14.8 Å². The van der Waals surface area contributed by atoms with Gasteiger partial charge in [0.05, 0.1) is 11.6 Å². The third kappa shape index (κ3) is 3.00. The maximum absolute atomic E-state index is 11.9. The highest BCUT2D eigenvalue weighted by atomic mass is 35.5. The van der Waals surface area contributed by atoms with Gasteiger partial charge < -0.3 is 15.2 Å². The molecule has 0 saturated heterocycles. The third-order valence-corrected chi connectivity index (χ3v) is 2.61. The van der Waals surface area contributed by atoms with E-state index in [9.17, 15) is 4.79 Å². The lowest BCUT2D eigenvalue weighted by molar-refractivity contribution is 0.0523. The monoisotopic (exact) mass is 296 g/mol. The first-order chi connectivity index (χ1) is 9.51. The average molecular weight is 297 g/mol. The molecule has 0 radical (unpaired) electrons. The number of halogens is 1. The molecule has 2 aromatic rings. The quantitative estimate of drug-likeness (QED) is 0.685. The molecule has 0 amide bonds. The van der Waals surface area contributed by atoms with Gasteiger partial charge in [0.25, 0.3) is 0 Å². The highest BCUT2D eigenvalue weighted by Gasteiger charge is 2.20. The summed E-state index contributed by atoms with van der Waals surface area (Å²) in [5.41, 5.74) is 6.14. The van der Waals surface area contributed by atoms with Gasteiger partial charge >= 0.3 is 12.0 Å². The molecule has 0 aliphatic rings. The van der Waals surface area contributed by atoms with E-state index in [0.717, 1.165) is 0 Å². The summed E-state index contributed by atoms with van der Waals surface area (Å²) in [6.07, 6.45) is 1.46. The molecule has 2 rings (SSSR count). The van der Waals surface area contributed by atoms with E-state index in [1.54, 1.807) is 14.0 Å². The summed E-state index contributed by atoms with van der Waals surface area (Å²) in [4.78, 5) is 15.8. The molecule has 0 saturated carbocycles. The van der Waals surface area contributed by atoms with Crippen molar-refractivity contribution in [3.05, 3.63) is 29.0 Å². The van der Waals surface area contributed by atoms with Crippen LogP contribution in [-0.2, 0) is 11.8 Å². The molecule has 0 atom stereocenters.